The maximum Gasteiger partial charge on any atom is 0.307 e. The van der Waals surface area contributed by atoms with Gasteiger partial charge in [0.15, 0.2) is 5.65 Å². The normalized spacial score (nSPS) is 11.1. The Labute approximate surface area is 196 Å². The average molecular weight is 501 g/mol. The summed E-state index contributed by atoms with van der Waals surface area (Å²) in [5.74, 6) is -0.462. The highest BCUT2D eigenvalue weighted by Gasteiger charge is 2.18. The van der Waals surface area contributed by atoms with Crippen molar-refractivity contribution in [2.75, 3.05) is 5.73 Å². The van der Waals surface area contributed by atoms with Crippen LogP contribution in [0, 0.1) is 0 Å². The van der Waals surface area contributed by atoms with Crippen molar-refractivity contribution >= 4 is 33.4 Å². The zero-order valence-corrected chi connectivity index (χ0v) is 18.8. The maximum atomic E-state index is 11.0. The number of rotatable bonds is 5. The number of hydrogen-bond donors (Lipinski definition) is 2. The molecule has 0 aliphatic carbocycles. The minimum atomic E-state index is -0.875. The number of pyridine rings is 2. The van der Waals surface area contributed by atoms with Gasteiger partial charge in [0.05, 0.1) is 28.5 Å². The van der Waals surface area contributed by atoms with Crippen molar-refractivity contribution in [2.45, 2.75) is 6.42 Å². The van der Waals surface area contributed by atoms with Crippen LogP contribution in [0.15, 0.2) is 77.8 Å². The van der Waals surface area contributed by atoms with Gasteiger partial charge in [-0.25, -0.2) is 4.98 Å². The SMILES string of the molecule is Nc1c(Br)c(-c2ccc(CC(=O)O)cc2)nc2c(-c3ccc(-c4cccnc4)nc3)cnn12. The third kappa shape index (κ3) is 3.94. The Kier molecular flexibility index (Phi) is 5.31. The lowest BCUT2D eigenvalue weighted by Crippen LogP contribution is -2.04. The van der Waals surface area contributed by atoms with Gasteiger partial charge in [0.1, 0.15) is 5.82 Å². The molecular weight excluding hydrogens is 484 g/mol. The standard InChI is InChI=1S/C24H17BrN6O2/c25-21-22(15-5-3-14(4-6-15)10-20(32)33)30-24-18(13-29-31(24)23(21)26)16-7-8-19(28-12-16)17-2-1-9-27-11-17/h1-9,11-13H,10,26H2,(H,32,33). The average Bonchev–Trinajstić information content (AvgIpc) is 3.26. The number of carbonyl (C=O) groups is 1. The second-order valence-corrected chi connectivity index (χ2v) is 8.19. The number of benzene rings is 1. The van der Waals surface area contributed by atoms with Crippen molar-refractivity contribution in [1.82, 2.24) is 24.6 Å². The molecule has 9 heteroatoms. The van der Waals surface area contributed by atoms with E-state index in [0.29, 0.717) is 27.2 Å². The Morgan fingerprint density at radius 2 is 1.79 bits per heavy atom. The van der Waals surface area contributed by atoms with Gasteiger partial charge in [-0.15, -0.1) is 0 Å². The van der Waals surface area contributed by atoms with Gasteiger partial charge >= 0.3 is 5.97 Å². The lowest BCUT2D eigenvalue weighted by Gasteiger charge is -2.10. The fraction of sp³-hybridized carbons (Fsp3) is 0.0417. The number of halogens is 1. The van der Waals surface area contributed by atoms with Gasteiger partial charge in [-0.2, -0.15) is 9.61 Å². The molecule has 1 aromatic carbocycles. The lowest BCUT2D eigenvalue weighted by atomic mass is 10.1. The van der Waals surface area contributed by atoms with Crippen molar-refractivity contribution in [3.05, 3.63) is 83.4 Å². The van der Waals surface area contributed by atoms with E-state index in [1.807, 2.05) is 36.4 Å². The molecule has 4 aromatic heterocycles. The van der Waals surface area contributed by atoms with E-state index < -0.39 is 5.97 Å². The van der Waals surface area contributed by atoms with E-state index in [0.717, 1.165) is 27.9 Å². The van der Waals surface area contributed by atoms with E-state index >= 15 is 0 Å². The number of carboxylic acid groups (broad SMARTS) is 1. The number of aliphatic carboxylic acids is 1. The van der Waals surface area contributed by atoms with Gasteiger partial charge in [0.2, 0.25) is 0 Å². The monoisotopic (exact) mass is 500 g/mol. The first-order valence-electron chi connectivity index (χ1n) is 10.0. The molecule has 0 saturated heterocycles. The largest absolute Gasteiger partial charge is 0.481 e. The first-order chi connectivity index (χ1) is 16.0. The van der Waals surface area contributed by atoms with Gasteiger partial charge in [-0.1, -0.05) is 30.3 Å². The third-order valence-electron chi connectivity index (χ3n) is 5.24. The highest BCUT2D eigenvalue weighted by molar-refractivity contribution is 9.10. The molecule has 0 spiro atoms. The highest BCUT2D eigenvalue weighted by Crippen LogP contribution is 2.35. The zero-order valence-electron chi connectivity index (χ0n) is 17.2. The summed E-state index contributed by atoms with van der Waals surface area (Å²) in [6, 6.07) is 14.9. The maximum absolute atomic E-state index is 11.0. The summed E-state index contributed by atoms with van der Waals surface area (Å²) in [7, 11) is 0. The Morgan fingerprint density at radius 3 is 2.45 bits per heavy atom. The smallest absolute Gasteiger partial charge is 0.307 e. The van der Waals surface area contributed by atoms with Crippen LogP contribution in [0.4, 0.5) is 5.82 Å². The second-order valence-electron chi connectivity index (χ2n) is 7.39. The van der Waals surface area contributed by atoms with Gasteiger partial charge in [-0.05, 0) is 39.7 Å². The van der Waals surface area contributed by atoms with Gasteiger partial charge in [-0.3, -0.25) is 14.8 Å². The molecule has 3 N–H and O–H groups in total. The zero-order chi connectivity index (χ0) is 22.9. The molecule has 0 fully saturated rings. The molecule has 8 nitrogen and oxygen atoms in total. The van der Waals surface area contributed by atoms with Crippen LogP contribution in [0.25, 0.3) is 39.3 Å². The molecule has 33 heavy (non-hydrogen) atoms. The Morgan fingerprint density at radius 1 is 1.00 bits per heavy atom. The number of nitrogen functional groups attached to an aromatic ring is 1. The van der Waals surface area contributed by atoms with Gasteiger partial charge in [0.25, 0.3) is 0 Å². The summed E-state index contributed by atoms with van der Waals surface area (Å²) in [5.41, 5.74) is 12.5. The van der Waals surface area contributed by atoms with Crippen molar-refractivity contribution in [1.29, 1.82) is 0 Å². The first kappa shape index (κ1) is 20.8. The summed E-state index contributed by atoms with van der Waals surface area (Å²) in [6.07, 6.45) is 6.95. The minimum absolute atomic E-state index is 0.0368. The summed E-state index contributed by atoms with van der Waals surface area (Å²) >= 11 is 3.54. The predicted molar refractivity (Wildman–Crippen MR) is 128 cm³/mol. The first-order valence-corrected chi connectivity index (χ1v) is 10.8. The predicted octanol–water partition coefficient (Wildman–Crippen LogP) is 4.49. The van der Waals surface area contributed by atoms with Crippen LogP contribution in [0.2, 0.25) is 0 Å². The molecule has 0 aliphatic rings. The molecule has 0 radical (unpaired) electrons. The van der Waals surface area contributed by atoms with Crippen LogP contribution in [-0.4, -0.2) is 35.6 Å². The van der Waals surface area contributed by atoms with Crippen LogP contribution in [-0.2, 0) is 11.2 Å². The third-order valence-corrected chi connectivity index (χ3v) is 6.02. The highest BCUT2D eigenvalue weighted by atomic mass is 79.9. The van der Waals surface area contributed by atoms with Crippen LogP contribution < -0.4 is 5.73 Å². The van der Waals surface area contributed by atoms with Crippen LogP contribution in [0.1, 0.15) is 5.56 Å². The second kappa shape index (κ2) is 8.44. The summed E-state index contributed by atoms with van der Waals surface area (Å²) in [6.45, 7) is 0. The van der Waals surface area contributed by atoms with E-state index in [4.69, 9.17) is 15.8 Å². The molecule has 0 saturated carbocycles. The summed E-state index contributed by atoms with van der Waals surface area (Å²) in [5, 5.41) is 13.4. The fourth-order valence-corrected chi connectivity index (χ4v) is 4.07. The molecule has 5 aromatic rings. The van der Waals surface area contributed by atoms with Crippen molar-refractivity contribution in [2.24, 2.45) is 0 Å². The summed E-state index contributed by atoms with van der Waals surface area (Å²) in [4.78, 5) is 24.5. The molecule has 162 valence electrons. The Balaban J connectivity index is 1.56. The molecule has 0 atom stereocenters. The Bertz CT molecular complexity index is 1470. The minimum Gasteiger partial charge on any atom is -0.481 e. The number of fused-ring (bicyclic) bond motifs is 1. The topological polar surface area (TPSA) is 119 Å². The van der Waals surface area contributed by atoms with Crippen molar-refractivity contribution in [3.8, 4) is 33.6 Å². The summed E-state index contributed by atoms with van der Waals surface area (Å²) < 4.78 is 2.19. The number of anilines is 1. The molecule has 4 heterocycles. The number of nitrogens with zero attached hydrogens (tertiary/aromatic N) is 5. The molecule has 0 bridgehead atoms. The molecular formula is C24H17BrN6O2. The van der Waals surface area contributed by atoms with E-state index in [1.54, 1.807) is 41.4 Å². The molecule has 0 unspecified atom stereocenters. The lowest BCUT2D eigenvalue weighted by molar-refractivity contribution is -0.136. The Hall–Kier alpha value is -4.11. The van der Waals surface area contributed by atoms with Crippen LogP contribution in [0.3, 0.4) is 0 Å². The molecule has 0 aliphatic heterocycles. The van der Waals surface area contributed by atoms with Crippen LogP contribution >= 0.6 is 15.9 Å². The van der Waals surface area contributed by atoms with E-state index in [-0.39, 0.29) is 6.42 Å². The molecule has 0 amide bonds. The number of nitrogens with two attached hydrogens (primary N) is 1. The number of carboxylic acids is 1. The molecule has 5 rings (SSSR count). The van der Waals surface area contributed by atoms with Crippen molar-refractivity contribution in [3.63, 3.8) is 0 Å². The van der Waals surface area contributed by atoms with Crippen molar-refractivity contribution < 1.29 is 9.90 Å². The van der Waals surface area contributed by atoms with Crippen LogP contribution in [0.5, 0.6) is 0 Å². The van der Waals surface area contributed by atoms with E-state index in [2.05, 4.69) is 31.0 Å². The van der Waals surface area contributed by atoms with Gasteiger partial charge in [0, 0.05) is 40.8 Å². The van der Waals surface area contributed by atoms with E-state index in [1.165, 1.54) is 0 Å². The number of aromatic nitrogens is 5. The quantitative estimate of drug-likeness (QED) is 0.364. The fourth-order valence-electron chi connectivity index (χ4n) is 3.58. The van der Waals surface area contributed by atoms with E-state index in [9.17, 15) is 4.79 Å². The van der Waals surface area contributed by atoms with Gasteiger partial charge < -0.3 is 10.8 Å². The number of hydrogen-bond acceptors (Lipinski definition) is 6.